The van der Waals surface area contributed by atoms with Crippen molar-refractivity contribution in [2.75, 3.05) is 43.4 Å². The zero-order valence-electron chi connectivity index (χ0n) is 13.8. The number of hydrogen-bond acceptors (Lipinski definition) is 4. The van der Waals surface area contributed by atoms with Crippen molar-refractivity contribution in [2.45, 2.75) is 0 Å². The van der Waals surface area contributed by atoms with Gasteiger partial charge in [0.2, 0.25) is 0 Å². The third-order valence-electron chi connectivity index (χ3n) is 5.85. The van der Waals surface area contributed by atoms with Crippen LogP contribution in [0.2, 0.25) is 0 Å². The van der Waals surface area contributed by atoms with E-state index in [-0.39, 0.29) is 5.78 Å². The van der Waals surface area contributed by atoms with Crippen molar-refractivity contribution in [3.8, 4) is 11.1 Å². The first-order chi connectivity index (χ1) is 11.7. The van der Waals surface area contributed by atoms with E-state index in [0.717, 1.165) is 66.0 Å². The van der Waals surface area contributed by atoms with E-state index in [1.165, 1.54) is 5.69 Å². The minimum atomic E-state index is 0.153. The molecule has 2 fully saturated rings. The fourth-order valence-corrected chi connectivity index (χ4v) is 4.49. The zero-order valence-corrected chi connectivity index (χ0v) is 13.8. The smallest absolute Gasteiger partial charge is 0.194 e. The molecule has 0 bridgehead atoms. The number of nitrogens with zero attached hydrogens (tertiary/aromatic N) is 1. The number of benzene rings is 2. The van der Waals surface area contributed by atoms with Gasteiger partial charge in [-0.1, -0.05) is 12.1 Å². The van der Waals surface area contributed by atoms with Gasteiger partial charge in [-0.3, -0.25) is 4.79 Å². The lowest BCUT2D eigenvalue weighted by Gasteiger charge is -2.20. The van der Waals surface area contributed by atoms with Crippen molar-refractivity contribution in [1.82, 2.24) is 5.32 Å². The molecular formula is C20H21N3O. The van der Waals surface area contributed by atoms with Gasteiger partial charge in [0.15, 0.2) is 5.78 Å². The molecule has 4 heteroatoms. The number of carbonyl (C=O) groups is 1. The topological polar surface area (TPSA) is 44.4 Å². The number of anilines is 2. The van der Waals surface area contributed by atoms with E-state index in [1.807, 2.05) is 19.2 Å². The van der Waals surface area contributed by atoms with Crippen LogP contribution in [0.3, 0.4) is 0 Å². The average molecular weight is 319 g/mol. The van der Waals surface area contributed by atoms with E-state index in [2.05, 4.69) is 39.8 Å². The van der Waals surface area contributed by atoms with Crippen LogP contribution in [-0.4, -0.2) is 39.0 Å². The normalized spacial score (nSPS) is 24.0. The molecule has 0 saturated carbocycles. The first-order valence-corrected chi connectivity index (χ1v) is 8.71. The highest BCUT2D eigenvalue weighted by Crippen LogP contribution is 2.40. The molecule has 2 unspecified atom stereocenters. The Balaban J connectivity index is 1.51. The van der Waals surface area contributed by atoms with Crippen LogP contribution in [0.25, 0.3) is 11.1 Å². The Labute approximate surface area is 141 Å². The van der Waals surface area contributed by atoms with E-state index in [9.17, 15) is 4.79 Å². The number of carbonyl (C=O) groups excluding carboxylic acids is 1. The van der Waals surface area contributed by atoms with Crippen molar-refractivity contribution < 1.29 is 4.79 Å². The second-order valence-electron chi connectivity index (χ2n) is 7.15. The third-order valence-corrected chi connectivity index (χ3v) is 5.85. The summed E-state index contributed by atoms with van der Waals surface area (Å²) < 4.78 is 0. The first kappa shape index (κ1) is 14.1. The summed E-state index contributed by atoms with van der Waals surface area (Å²) in [6, 6.07) is 12.5. The maximum atomic E-state index is 12.9. The van der Waals surface area contributed by atoms with Gasteiger partial charge in [-0.2, -0.15) is 0 Å². The molecule has 1 aliphatic carbocycles. The van der Waals surface area contributed by atoms with Crippen LogP contribution < -0.4 is 15.5 Å². The van der Waals surface area contributed by atoms with Gasteiger partial charge in [0.25, 0.3) is 0 Å². The number of nitrogens with one attached hydrogen (secondary N) is 2. The highest BCUT2D eigenvalue weighted by molar-refractivity contribution is 6.22. The SMILES string of the molecule is CNc1ccc2c(c1)C(=O)c1cc(N3CC4CNCC4C3)ccc1-2. The van der Waals surface area contributed by atoms with Crippen molar-refractivity contribution in [2.24, 2.45) is 11.8 Å². The molecule has 2 aromatic rings. The molecule has 3 aliphatic rings. The Morgan fingerprint density at radius 1 is 0.958 bits per heavy atom. The summed E-state index contributed by atoms with van der Waals surface area (Å²) in [5, 5.41) is 6.60. The molecule has 2 heterocycles. The van der Waals surface area contributed by atoms with Gasteiger partial charge >= 0.3 is 0 Å². The van der Waals surface area contributed by atoms with Crippen LogP contribution in [0.1, 0.15) is 15.9 Å². The molecule has 2 N–H and O–H groups in total. The fourth-order valence-electron chi connectivity index (χ4n) is 4.49. The van der Waals surface area contributed by atoms with Crippen LogP contribution in [0.4, 0.5) is 11.4 Å². The summed E-state index contributed by atoms with van der Waals surface area (Å²) in [5.74, 6) is 1.66. The van der Waals surface area contributed by atoms with E-state index >= 15 is 0 Å². The summed E-state index contributed by atoms with van der Waals surface area (Å²) in [6.07, 6.45) is 0. The van der Waals surface area contributed by atoms with E-state index in [1.54, 1.807) is 0 Å². The molecule has 2 aromatic carbocycles. The molecule has 5 rings (SSSR count). The van der Waals surface area contributed by atoms with Gasteiger partial charge in [0, 0.05) is 55.7 Å². The second kappa shape index (κ2) is 5.08. The Morgan fingerprint density at radius 2 is 1.62 bits per heavy atom. The maximum Gasteiger partial charge on any atom is 0.194 e. The quantitative estimate of drug-likeness (QED) is 0.762. The van der Waals surface area contributed by atoms with Crippen LogP contribution in [0, 0.1) is 11.8 Å². The second-order valence-corrected chi connectivity index (χ2v) is 7.15. The van der Waals surface area contributed by atoms with Gasteiger partial charge in [0.1, 0.15) is 0 Å². The maximum absolute atomic E-state index is 12.9. The third kappa shape index (κ3) is 1.93. The van der Waals surface area contributed by atoms with E-state index < -0.39 is 0 Å². The molecular weight excluding hydrogens is 298 g/mol. The standard InChI is InChI=1S/C20H21N3O/c1-21-14-2-4-16-17-5-3-15(7-19(17)20(24)18(16)6-14)23-10-12-8-22-9-13(12)11-23/h2-7,12-13,21-22H,8-11H2,1H3. The monoisotopic (exact) mass is 319 g/mol. The predicted molar refractivity (Wildman–Crippen MR) is 96.9 cm³/mol. The summed E-state index contributed by atoms with van der Waals surface area (Å²) in [4.78, 5) is 15.3. The predicted octanol–water partition coefficient (Wildman–Crippen LogP) is 2.60. The molecule has 4 nitrogen and oxygen atoms in total. The Morgan fingerprint density at radius 3 is 2.33 bits per heavy atom. The zero-order chi connectivity index (χ0) is 16.3. The van der Waals surface area contributed by atoms with Gasteiger partial charge in [-0.25, -0.2) is 0 Å². The van der Waals surface area contributed by atoms with Crippen molar-refractivity contribution in [3.63, 3.8) is 0 Å². The number of hydrogen-bond donors (Lipinski definition) is 2. The van der Waals surface area contributed by atoms with Crippen LogP contribution in [-0.2, 0) is 0 Å². The van der Waals surface area contributed by atoms with Gasteiger partial charge in [0.05, 0.1) is 0 Å². The van der Waals surface area contributed by atoms with Crippen LogP contribution >= 0.6 is 0 Å². The molecule has 122 valence electrons. The lowest BCUT2D eigenvalue weighted by molar-refractivity contribution is 0.104. The lowest BCUT2D eigenvalue weighted by atomic mass is 10.0. The molecule has 0 aromatic heterocycles. The first-order valence-electron chi connectivity index (χ1n) is 8.71. The van der Waals surface area contributed by atoms with Crippen molar-refractivity contribution in [1.29, 1.82) is 0 Å². The highest BCUT2D eigenvalue weighted by atomic mass is 16.1. The van der Waals surface area contributed by atoms with E-state index in [4.69, 9.17) is 0 Å². The molecule has 2 atom stereocenters. The van der Waals surface area contributed by atoms with E-state index in [0.29, 0.717) is 0 Å². The summed E-state index contributed by atoms with van der Waals surface area (Å²) in [7, 11) is 1.88. The lowest BCUT2D eigenvalue weighted by Crippen LogP contribution is -2.25. The highest BCUT2D eigenvalue weighted by Gasteiger charge is 2.37. The number of fused-ring (bicyclic) bond motifs is 4. The Hall–Kier alpha value is -2.33. The molecule has 0 amide bonds. The largest absolute Gasteiger partial charge is 0.388 e. The number of rotatable bonds is 2. The van der Waals surface area contributed by atoms with Gasteiger partial charge < -0.3 is 15.5 Å². The van der Waals surface area contributed by atoms with Crippen LogP contribution in [0.15, 0.2) is 36.4 Å². The minimum absolute atomic E-state index is 0.153. The minimum Gasteiger partial charge on any atom is -0.388 e. The molecule has 0 radical (unpaired) electrons. The Kier molecular flexibility index (Phi) is 2.98. The van der Waals surface area contributed by atoms with Crippen molar-refractivity contribution >= 4 is 17.2 Å². The summed E-state index contributed by atoms with van der Waals surface area (Å²) >= 11 is 0. The summed E-state index contributed by atoms with van der Waals surface area (Å²) in [6.45, 7) is 4.45. The molecule has 2 aliphatic heterocycles. The average Bonchev–Trinajstić information content (AvgIpc) is 3.28. The Bertz CT molecular complexity index is 833. The number of ketones is 1. The van der Waals surface area contributed by atoms with Crippen molar-refractivity contribution in [3.05, 3.63) is 47.5 Å². The summed E-state index contributed by atoms with van der Waals surface area (Å²) in [5.41, 5.74) is 5.97. The molecule has 0 spiro atoms. The fraction of sp³-hybridized carbons (Fsp3) is 0.350. The molecule has 24 heavy (non-hydrogen) atoms. The molecule has 2 saturated heterocycles. The van der Waals surface area contributed by atoms with Gasteiger partial charge in [-0.15, -0.1) is 0 Å². The van der Waals surface area contributed by atoms with Crippen LogP contribution in [0.5, 0.6) is 0 Å². The van der Waals surface area contributed by atoms with Gasteiger partial charge in [-0.05, 0) is 47.2 Å².